The zero-order chi connectivity index (χ0) is 13.5. The summed E-state index contributed by atoms with van der Waals surface area (Å²) < 4.78 is 28.0. The van der Waals surface area contributed by atoms with Gasteiger partial charge in [-0.3, -0.25) is 0 Å². The van der Waals surface area contributed by atoms with Crippen LogP contribution in [0, 0.1) is 12.8 Å². The zero-order valence-corrected chi connectivity index (χ0v) is 13.0. The average Bonchev–Trinajstić information content (AvgIpc) is 2.87. The minimum atomic E-state index is -3.46. The quantitative estimate of drug-likeness (QED) is 0.882. The monoisotopic (exact) mass is 308 g/mol. The molecule has 0 aromatic carbocycles. The Morgan fingerprint density at radius 3 is 2.58 bits per heavy atom. The lowest BCUT2D eigenvalue weighted by Gasteiger charge is -2.16. The van der Waals surface area contributed by atoms with Gasteiger partial charge < -0.3 is 10.3 Å². The summed E-state index contributed by atoms with van der Waals surface area (Å²) in [5.41, 5.74) is 5.83. The summed E-state index contributed by atoms with van der Waals surface area (Å²) in [6, 6.07) is 0.0238. The number of halogens is 1. The zero-order valence-electron chi connectivity index (χ0n) is 11.4. The minimum Gasteiger partial charge on any atom is -0.337 e. The molecule has 2 heterocycles. The van der Waals surface area contributed by atoms with Gasteiger partial charge in [0, 0.05) is 32.4 Å². The first-order chi connectivity index (χ1) is 8.32. The Morgan fingerprint density at radius 1 is 1.53 bits per heavy atom. The molecule has 2 atom stereocenters. The maximum Gasteiger partial charge on any atom is 0.262 e. The van der Waals surface area contributed by atoms with E-state index < -0.39 is 10.0 Å². The molecule has 1 saturated heterocycles. The van der Waals surface area contributed by atoms with Gasteiger partial charge in [0.05, 0.1) is 0 Å². The number of sulfonamides is 1. The Labute approximate surface area is 120 Å². The second-order valence-electron chi connectivity index (χ2n) is 5.01. The van der Waals surface area contributed by atoms with Gasteiger partial charge in [-0.25, -0.2) is 13.4 Å². The number of nitrogens with two attached hydrogens (primary N) is 1. The molecule has 2 unspecified atom stereocenters. The molecule has 6 nitrogen and oxygen atoms in total. The standard InChI is InChI=1S/C11H20N4O2S.ClH/c1-8(12)10-4-5-15(6-10)18(16,17)11-7-14(3)9(2)13-11;/h7-8,10H,4-6,12H2,1-3H3;1H. The van der Waals surface area contributed by atoms with Gasteiger partial charge in [0.1, 0.15) is 5.82 Å². The first kappa shape index (κ1) is 16.4. The lowest BCUT2D eigenvalue weighted by molar-refractivity contribution is 0.427. The predicted molar refractivity (Wildman–Crippen MR) is 75.7 cm³/mol. The summed E-state index contributed by atoms with van der Waals surface area (Å²) in [6.07, 6.45) is 2.38. The van der Waals surface area contributed by atoms with Crippen LogP contribution in [0.4, 0.5) is 0 Å². The second-order valence-corrected chi connectivity index (χ2v) is 6.89. The third-order valence-corrected chi connectivity index (χ3v) is 5.36. The van der Waals surface area contributed by atoms with Crippen molar-refractivity contribution in [3.05, 3.63) is 12.0 Å². The van der Waals surface area contributed by atoms with Gasteiger partial charge in [-0.1, -0.05) is 0 Å². The Balaban J connectivity index is 0.00000180. The number of aromatic nitrogens is 2. The van der Waals surface area contributed by atoms with Crippen molar-refractivity contribution in [2.24, 2.45) is 18.7 Å². The van der Waals surface area contributed by atoms with E-state index in [2.05, 4.69) is 4.98 Å². The maximum atomic E-state index is 12.4. The van der Waals surface area contributed by atoms with E-state index in [0.717, 1.165) is 6.42 Å². The second kappa shape index (κ2) is 5.78. The largest absolute Gasteiger partial charge is 0.337 e. The van der Waals surface area contributed by atoms with Gasteiger partial charge >= 0.3 is 0 Å². The number of rotatable bonds is 3. The summed E-state index contributed by atoms with van der Waals surface area (Å²) in [6.45, 7) is 4.74. The molecule has 8 heteroatoms. The van der Waals surface area contributed by atoms with Gasteiger partial charge in [0.15, 0.2) is 5.03 Å². The fourth-order valence-corrected chi connectivity index (χ4v) is 3.72. The van der Waals surface area contributed by atoms with Crippen LogP contribution in [-0.2, 0) is 17.1 Å². The molecule has 0 aliphatic carbocycles. The van der Waals surface area contributed by atoms with Gasteiger partial charge in [-0.2, -0.15) is 4.31 Å². The summed E-state index contributed by atoms with van der Waals surface area (Å²) in [5.74, 6) is 0.932. The molecule has 0 amide bonds. The molecule has 1 fully saturated rings. The van der Waals surface area contributed by atoms with Gasteiger partial charge in [0.2, 0.25) is 0 Å². The topological polar surface area (TPSA) is 81.2 Å². The van der Waals surface area contributed by atoms with Crippen molar-refractivity contribution in [2.45, 2.75) is 31.3 Å². The predicted octanol–water partition coefficient (Wildman–Crippen LogP) is 0.508. The molecule has 1 aromatic heterocycles. The van der Waals surface area contributed by atoms with E-state index in [4.69, 9.17) is 5.73 Å². The van der Waals surface area contributed by atoms with E-state index in [1.807, 2.05) is 6.92 Å². The molecule has 2 N–H and O–H groups in total. The molecule has 1 aromatic rings. The van der Waals surface area contributed by atoms with E-state index in [9.17, 15) is 8.42 Å². The highest BCUT2D eigenvalue weighted by atomic mass is 35.5. The van der Waals surface area contributed by atoms with Crippen molar-refractivity contribution < 1.29 is 8.42 Å². The molecular weight excluding hydrogens is 288 g/mol. The molecule has 110 valence electrons. The lowest BCUT2D eigenvalue weighted by Crippen LogP contribution is -2.33. The van der Waals surface area contributed by atoms with Crippen LogP contribution in [0.25, 0.3) is 0 Å². The van der Waals surface area contributed by atoms with Gasteiger partial charge in [-0.05, 0) is 26.2 Å². The van der Waals surface area contributed by atoms with Crippen LogP contribution in [-0.4, -0.2) is 41.4 Å². The number of hydrogen-bond donors (Lipinski definition) is 1. The van der Waals surface area contributed by atoms with Crippen molar-refractivity contribution in [3.63, 3.8) is 0 Å². The Bertz CT molecular complexity index is 521. The molecule has 1 aliphatic heterocycles. The maximum absolute atomic E-state index is 12.4. The normalized spacial score (nSPS) is 22.2. The Hall–Kier alpha value is -0.630. The lowest BCUT2D eigenvalue weighted by atomic mass is 10.0. The highest BCUT2D eigenvalue weighted by molar-refractivity contribution is 7.89. The molecule has 1 aliphatic rings. The summed E-state index contributed by atoms with van der Waals surface area (Å²) in [5, 5.41) is 0.132. The fourth-order valence-electron chi connectivity index (χ4n) is 2.18. The van der Waals surface area contributed by atoms with Crippen LogP contribution in [0.15, 0.2) is 11.2 Å². The molecule has 0 saturated carbocycles. The van der Waals surface area contributed by atoms with Crippen LogP contribution in [0.1, 0.15) is 19.2 Å². The Morgan fingerprint density at radius 2 is 2.16 bits per heavy atom. The van der Waals surface area contributed by atoms with Crippen molar-refractivity contribution in [3.8, 4) is 0 Å². The van der Waals surface area contributed by atoms with Crippen LogP contribution in [0.2, 0.25) is 0 Å². The SMILES string of the molecule is Cc1nc(S(=O)(=O)N2CCC(C(C)N)C2)cn1C.Cl. The van der Waals surface area contributed by atoms with Crippen molar-refractivity contribution in [1.29, 1.82) is 0 Å². The highest BCUT2D eigenvalue weighted by Gasteiger charge is 2.35. The van der Waals surface area contributed by atoms with Crippen molar-refractivity contribution in [2.75, 3.05) is 13.1 Å². The van der Waals surface area contributed by atoms with Gasteiger partial charge in [0.25, 0.3) is 10.0 Å². The minimum absolute atomic E-state index is 0. The molecular formula is C11H21ClN4O2S. The molecule has 0 spiro atoms. The first-order valence-electron chi connectivity index (χ1n) is 6.08. The van der Waals surface area contributed by atoms with Crippen molar-refractivity contribution >= 4 is 22.4 Å². The third kappa shape index (κ3) is 3.10. The van der Waals surface area contributed by atoms with Crippen molar-refractivity contribution in [1.82, 2.24) is 13.9 Å². The van der Waals surface area contributed by atoms with E-state index >= 15 is 0 Å². The van der Waals surface area contributed by atoms with Crippen LogP contribution in [0.5, 0.6) is 0 Å². The number of nitrogens with zero attached hydrogens (tertiary/aromatic N) is 3. The van der Waals surface area contributed by atoms with E-state index in [1.165, 1.54) is 4.31 Å². The average molecular weight is 309 g/mol. The summed E-state index contributed by atoms with van der Waals surface area (Å²) in [7, 11) is -1.67. The van der Waals surface area contributed by atoms with E-state index in [0.29, 0.717) is 18.9 Å². The van der Waals surface area contributed by atoms with Crippen LogP contribution in [0.3, 0.4) is 0 Å². The molecule has 19 heavy (non-hydrogen) atoms. The number of hydrogen-bond acceptors (Lipinski definition) is 4. The fraction of sp³-hybridized carbons (Fsp3) is 0.727. The third-order valence-electron chi connectivity index (χ3n) is 3.62. The van der Waals surface area contributed by atoms with E-state index in [1.54, 1.807) is 24.7 Å². The first-order valence-corrected chi connectivity index (χ1v) is 7.52. The van der Waals surface area contributed by atoms with Crippen LogP contribution < -0.4 is 5.73 Å². The molecule has 2 rings (SSSR count). The Kier molecular flexibility index (Phi) is 5.00. The number of imidazole rings is 1. The molecule has 0 bridgehead atoms. The summed E-state index contributed by atoms with van der Waals surface area (Å²) >= 11 is 0. The van der Waals surface area contributed by atoms with Gasteiger partial charge in [-0.15, -0.1) is 12.4 Å². The van der Waals surface area contributed by atoms with Crippen LogP contribution >= 0.6 is 12.4 Å². The summed E-state index contributed by atoms with van der Waals surface area (Å²) in [4.78, 5) is 4.10. The number of aryl methyl sites for hydroxylation is 2. The molecule has 0 radical (unpaired) electrons. The van der Waals surface area contributed by atoms with E-state index in [-0.39, 0.29) is 29.4 Å². The highest BCUT2D eigenvalue weighted by Crippen LogP contribution is 2.25. The smallest absolute Gasteiger partial charge is 0.262 e.